The molecule has 1 aromatic heterocycles. The molecule has 0 saturated heterocycles. The van der Waals surface area contributed by atoms with E-state index in [1.54, 1.807) is 52.9 Å². The van der Waals surface area contributed by atoms with Crippen molar-refractivity contribution < 1.29 is 28.3 Å². The summed E-state index contributed by atoms with van der Waals surface area (Å²) in [6.45, 7) is -0.0304. The van der Waals surface area contributed by atoms with Crippen LogP contribution in [0.2, 0.25) is 0 Å². The second-order valence-electron chi connectivity index (χ2n) is 6.44. The van der Waals surface area contributed by atoms with E-state index < -0.39 is 0 Å². The number of carbonyl (C=O) groups excluding carboxylic acids is 1. The monoisotopic (exact) mass is 412 g/mol. The summed E-state index contributed by atoms with van der Waals surface area (Å²) in [5, 5.41) is 4.17. The van der Waals surface area contributed by atoms with Crippen molar-refractivity contribution in [1.29, 1.82) is 0 Å². The standard InChI is InChI=1S/C22H24N2O6/c1-26-18-6-5-13(7-14(18)8-16(25)11-23)17-12-30-24-21(17)15-9-19(27-2)22(29-4)20(10-15)28-3/h5-7,9-10,12H,8,11,23H2,1-4H3. The topological polar surface area (TPSA) is 106 Å². The quantitative estimate of drug-likeness (QED) is 0.571. The van der Waals surface area contributed by atoms with Gasteiger partial charge in [-0.3, -0.25) is 4.79 Å². The number of ketones is 1. The molecule has 0 atom stereocenters. The average Bonchev–Trinajstić information content (AvgIpc) is 3.27. The molecule has 0 amide bonds. The van der Waals surface area contributed by atoms with Gasteiger partial charge in [-0.05, 0) is 29.8 Å². The van der Waals surface area contributed by atoms with Gasteiger partial charge in [-0.1, -0.05) is 11.2 Å². The Balaban J connectivity index is 2.10. The van der Waals surface area contributed by atoms with Crippen LogP contribution < -0.4 is 24.7 Å². The normalized spacial score (nSPS) is 10.6. The number of carbonyl (C=O) groups is 1. The second kappa shape index (κ2) is 9.32. The fourth-order valence-electron chi connectivity index (χ4n) is 3.24. The van der Waals surface area contributed by atoms with Crippen molar-refractivity contribution in [2.24, 2.45) is 5.73 Å². The number of methoxy groups -OCH3 is 4. The summed E-state index contributed by atoms with van der Waals surface area (Å²) >= 11 is 0. The molecule has 3 rings (SSSR count). The van der Waals surface area contributed by atoms with Crippen LogP contribution in [0.1, 0.15) is 5.56 Å². The maximum Gasteiger partial charge on any atom is 0.203 e. The highest BCUT2D eigenvalue weighted by atomic mass is 16.5. The van der Waals surface area contributed by atoms with E-state index in [0.717, 1.165) is 22.3 Å². The van der Waals surface area contributed by atoms with Gasteiger partial charge in [-0.15, -0.1) is 0 Å². The van der Waals surface area contributed by atoms with E-state index in [-0.39, 0.29) is 18.7 Å². The van der Waals surface area contributed by atoms with Gasteiger partial charge in [0.25, 0.3) is 0 Å². The molecule has 158 valence electrons. The van der Waals surface area contributed by atoms with Crippen LogP contribution in [-0.4, -0.2) is 45.9 Å². The first kappa shape index (κ1) is 21.2. The van der Waals surface area contributed by atoms with Crippen LogP contribution in [0.15, 0.2) is 41.1 Å². The number of hydrogen-bond acceptors (Lipinski definition) is 8. The predicted molar refractivity (Wildman–Crippen MR) is 111 cm³/mol. The summed E-state index contributed by atoms with van der Waals surface area (Å²) in [5.74, 6) is 2.03. The van der Waals surface area contributed by atoms with Crippen LogP contribution in [0.5, 0.6) is 23.0 Å². The molecule has 0 aliphatic heterocycles. The van der Waals surface area contributed by atoms with Crippen molar-refractivity contribution in [2.45, 2.75) is 6.42 Å². The van der Waals surface area contributed by atoms with Crippen LogP contribution in [0.25, 0.3) is 22.4 Å². The van der Waals surface area contributed by atoms with E-state index in [2.05, 4.69) is 5.16 Å². The SMILES string of the molecule is COc1ccc(-c2conc2-c2cc(OC)c(OC)c(OC)c2)cc1CC(=O)CN. The zero-order valence-electron chi connectivity index (χ0n) is 17.4. The third-order valence-electron chi connectivity index (χ3n) is 4.71. The molecular weight excluding hydrogens is 388 g/mol. The van der Waals surface area contributed by atoms with Crippen LogP contribution in [0.4, 0.5) is 0 Å². The molecule has 0 aliphatic rings. The second-order valence-corrected chi connectivity index (χ2v) is 6.44. The lowest BCUT2D eigenvalue weighted by Gasteiger charge is -2.14. The Kier molecular flexibility index (Phi) is 6.58. The molecule has 8 nitrogen and oxygen atoms in total. The predicted octanol–water partition coefficient (Wildman–Crippen LogP) is 3.11. The number of hydrogen-bond donors (Lipinski definition) is 1. The molecule has 30 heavy (non-hydrogen) atoms. The molecule has 8 heteroatoms. The summed E-state index contributed by atoms with van der Waals surface area (Å²) in [4.78, 5) is 11.9. The van der Waals surface area contributed by atoms with E-state index in [0.29, 0.717) is 28.7 Å². The number of Topliss-reactive ketones (excluding diaryl/α,β-unsaturated/α-hetero) is 1. The number of nitrogens with two attached hydrogens (primary N) is 1. The van der Waals surface area contributed by atoms with Crippen molar-refractivity contribution in [1.82, 2.24) is 5.16 Å². The Hall–Kier alpha value is -3.52. The first-order valence-electron chi connectivity index (χ1n) is 9.20. The maximum atomic E-state index is 11.9. The van der Waals surface area contributed by atoms with E-state index in [1.807, 2.05) is 12.1 Å². The first-order chi connectivity index (χ1) is 14.6. The van der Waals surface area contributed by atoms with Crippen LogP contribution in [-0.2, 0) is 11.2 Å². The van der Waals surface area contributed by atoms with Gasteiger partial charge in [-0.2, -0.15) is 0 Å². The van der Waals surface area contributed by atoms with Gasteiger partial charge in [0.1, 0.15) is 17.7 Å². The lowest BCUT2D eigenvalue weighted by molar-refractivity contribution is -0.117. The third kappa shape index (κ3) is 4.08. The molecular formula is C22H24N2O6. The van der Waals surface area contributed by atoms with Gasteiger partial charge in [0.2, 0.25) is 5.75 Å². The van der Waals surface area contributed by atoms with Crippen LogP contribution in [0.3, 0.4) is 0 Å². The number of aromatic nitrogens is 1. The number of rotatable bonds is 9. The molecule has 0 bridgehead atoms. The van der Waals surface area contributed by atoms with Gasteiger partial charge in [0, 0.05) is 23.1 Å². The highest BCUT2D eigenvalue weighted by Crippen LogP contribution is 2.43. The van der Waals surface area contributed by atoms with E-state index in [9.17, 15) is 4.79 Å². The Morgan fingerprint density at radius 1 is 0.933 bits per heavy atom. The van der Waals surface area contributed by atoms with E-state index in [4.69, 9.17) is 29.2 Å². The molecule has 0 radical (unpaired) electrons. The Morgan fingerprint density at radius 2 is 1.60 bits per heavy atom. The van der Waals surface area contributed by atoms with Crippen molar-refractivity contribution in [3.8, 4) is 45.4 Å². The molecule has 0 aliphatic carbocycles. The Morgan fingerprint density at radius 3 is 2.17 bits per heavy atom. The lowest BCUT2D eigenvalue weighted by atomic mass is 9.97. The largest absolute Gasteiger partial charge is 0.496 e. The van der Waals surface area contributed by atoms with Crippen LogP contribution >= 0.6 is 0 Å². The molecule has 0 fully saturated rings. The highest BCUT2D eigenvalue weighted by Gasteiger charge is 2.20. The number of nitrogens with zero attached hydrogens (tertiary/aromatic N) is 1. The minimum absolute atomic E-state index is 0.0304. The third-order valence-corrected chi connectivity index (χ3v) is 4.71. The summed E-state index contributed by atoms with van der Waals surface area (Å²) in [7, 11) is 6.21. The Labute approximate surface area is 174 Å². The highest BCUT2D eigenvalue weighted by molar-refractivity contribution is 5.85. The van der Waals surface area contributed by atoms with Gasteiger partial charge < -0.3 is 29.2 Å². The molecule has 0 unspecified atom stereocenters. The average molecular weight is 412 g/mol. The minimum Gasteiger partial charge on any atom is -0.496 e. The smallest absolute Gasteiger partial charge is 0.203 e. The number of ether oxygens (including phenoxy) is 4. The minimum atomic E-state index is -0.0828. The zero-order valence-corrected chi connectivity index (χ0v) is 17.4. The summed E-state index contributed by atoms with van der Waals surface area (Å²) in [5.41, 5.74) is 9.09. The van der Waals surface area contributed by atoms with Gasteiger partial charge in [-0.25, -0.2) is 0 Å². The summed E-state index contributed by atoms with van der Waals surface area (Å²) in [6, 6.07) is 9.15. The van der Waals surface area contributed by atoms with E-state index >= 15 is 0 Å². The molecule has 3 aromatic rings. The van der Waals surface area contributed by atoms with Gasteiger partial charge >= 0.3 is 0 Å². The van der Waals surface area contributed by atoms with Crippen LogP contribution in [0, 0.1) is 0 Å². The van der Waals surface area contributed by atoms with E-state index in [1.165, 1.54) is 0 Å². The van der Waals surface area contributed by atoms with Gasteiger partial charge in [0.15, 0.2) is 17.3 Å². The molecule has 0 spiro atoms. The molecule has 2 N–H and O–H groups in total. The van der Waals surface area contributed by atoms with Gasteiger partial charge in [0.05, 0.1) is 35.0 Å². The van der Waals surface area contributed by atoms with Crippen molar-refractivity contribution in [3.05, 3.63) is 42.2 Å². The lowest BCUT2D eigenvalue weighted by Crippen LogP contribution is -2.16. The number of benzene rings is 2. The summed E-state index contributed by atoms with van der Waals surface area (Å²) < 4.78 is 26.9. The zero-order chi connectivity index (χ0) is 21.7. The summed E-state index contributed by atoms with van der Waals surface area (Å²) in [6.07, 6.45) is 1.73. The fraction of sp³-hybridized carbons (Fsp3) is 0.273. The fourth-order valence-corrected chi connectivity index (χ4v) is 3.24. The maximum absolute atomic E-state index is 11.9. The molecule has 1 heterocycles. The van der Waals surface area contributed by atoms with Crippen molar-refractivity contribution >= 4 is 5.78 Å². The molecule has 2 aromatic carbocycles. The molecule has 0 saturated carbocycles. The first-order valence-corrected chi connectivity index (χ1v) is 9.20. The van der Waals surface area contributed by atoms with Crippen molar-refractivity contribution in [2.75, 3.05) is 35.0 Å². The Bertz CT molecular complexity index is 1020. The van der Waals surface area contributed by atoms with Crippen molar-refractivity contribution in [3.63, 3.8) is 0 Å².